The van der Waals surface area contributed by atoms with Crippen molar-refractivity contribution in [2.24, 2.45) is 5.92 Å². The summed E-state index contributed by atoms with van der Waals surface area (Å²) in [5.41, 5.74) is 0.0294. The molecule has 24 heavy (non-hydrogen) atoms. The second-order valence-electron chi connectivity index (χ2n) is 6.54. The van der Waals surface area contributed by atoms with E-state index >= 15 is 0 Å². The van der Waals surface area contributed by atoms with Crippen LogP contribution in [0.25, 0.3) is 10.8 Å². The highest BCUT2D eigenvalue weighted by Crippen LogP contribution is 2.42. The van der Waals surface area contributed by atoms with Gasteiger partial charge in [0.2, 0.25) is 0 Å². The van der Waals surface area contributed by atoms with Crippen molar-refractivity contribution in [2.75, 3.05) is 19.0 Å². The molecule has 2 aromatic carbocycles. The van der Waals surface area contributed by atoms with Crippen molar-refractivity contribution in [2.45, 2.75) is 38.7 Å². The summed E-state index contributed by atoms with van der Waals surface area (Å²) >= 11 is 0. The van der Waals surface area contributed by atoms with Crippen molar-refractivity contribution in [3.63, 3.8) is 0 Å². The molecule has 0 radical (unpaired) electrons. The van der Waals surface area contributed by atoms with Crippen LogP contribution < -0.4 is 10.1 Å². The number of amides is 1. The Bertz CT molecular complexity index is 739. The number of hydrogen-bond donors (Lipinski definition) is 1. The van der Waals surface area contributed by atoms with Crippen LogP contribution in [-0.2, 0) is 9.53 Å². The van der Waals surface area contributed by atoms with E-state index in [0.717, 1.165) is 41.5 Å². The smallest absolute Gasteiger partial charge is 0.256 e. The third kappa shape index (κ3) is 3.11. The Morgan fingerprint density at radius 2 is 1.92 bits per heavy atom. The molecular formula is C20H25NO3. The summed E-state index contributed by atoms with van der Waals surface area (Å²) in [6, 6.07) is 11.8. The van der Waals surface area contributed by atoms with E-state index in [1.807, 2.05) is 43.3 Å². The maximum absolute atomic E-state index is 12.8. The summed E-state index contributed by atoms with van der Waals surface area (Å²) in [4.78, 5) is 12.8. The predicted octanol–water partition coefficient (Wildman–Crippen LogP) is 4.38. The summed E-state index contributed by atoms with van der Waals surface area (Å²) < 4.78 is 11.4. The standard InChI is InChI=1S/C20H25NO3/c1-4-13-24-18-12-11-17(15-7-5-6-8-16(15)18)21-19(22)20(2,23-3)14-9-10-14/h5-8,11-12,14H,4,9-10,13H2,1-3H3,(H,21,22). The first-order valence-corrected chi connectivity index (χ1v) is 8.61. The second kappa shape index (κ2) is 6.81. The van der Waals surface area contributed by atoms with E-state index in [4.69, 9.17) is 9.47 Å². The van der Waals surface area contributed by atoms with Crippen LogP contribution in [0, 0.1) is 5.92 Å². The van der Waals surface area contributed by atoms with Crippen LogP contribution in [0.2, 0.25) is 0 Å². The number of hydrogen-bond acceptors (Lipinski definition) is 3. The largest absolute Gasteiger partial charge is 0.493 e. The van der Waals surface area contributed by atoms with Crippen LogP contribution in [0.15, 0.2) is 36.4 Å². The van der Waals surface area contributed by atoms with E-state index in [-0.39, 0.29) is 5.91 Å². The normalized spacial score (nSPS) is 16.6. The van der Waals surface area contributed by atoms with E-state index in [1.54, 1.807) is 7.11 Å². The molecule has 1 aliphatic rings. The number of rotatable bonds is 7. The number of ether oxygens (including phenoxy) is 2. The Labute approximate surface area is 143 Å². The molecule has 0 aliphatic heterocycles. The van der Waals surface area contributed by atoms with E-state index in [9.17, 15) is 4.79 Å². The average Bonchev–Trinajstić information content (AvgIpc) is 3.45. The summed E-state index contributed by atoms with van der Waals surface area (Å²) in [6.07, 6.45) is 3.05. The molecule has 1 amide bonds. The second-order valence-corrected chi connectivity index (χ2v) is 6.54. The van der Waals surface area contributed by atoms with E-state index in [2.05, 4.69) is 12.2 Å². The molecule has 0 aromatic heterocycles. The van der Waals surface area contributed by atoms with Gasteiger partial charge >= 0.3 is 0 Å². The van der Waals surface area contributed by atoms with Gasteiger partial charge in [-0.2, -0.15) is 0 Å². The third-order valence-corrected chi connectivity index (χ3v) is 4.83. The molecule has 1 fully saturated rings. The van der Waals surface area contributed by atoms with Crippen LogP contribution in [0.1, 0.15) is 33.1 Å². The minimum atomic E-state index is -0.765. The molecule has 0 saturated heterocycles. The Hall–Kier alpha value is -2.07. The summed E-state index contributed by atoms with van der Waals surface area (Å²) in [5, 5.41) is 5.05. The lowest BCUT2D eigenvalue weighted by molar-refractivity contribution is -0.138. The molecule has 4 nitrogen and oxygen atoms in total. The molecule has 128 valence electrons. The highest BCUT2D eigenvalue weighted by molar-refractivity contribution is 6.06. The Morgan fingerprint density at radius 1 is 1.21 bits per heavy atom. The summed E-state index contributed by atoms with van der Waals surface area (Å²) in [6.45, 7) is 4.64. The minimum absolute atomic E-state index is 0.0834. The van der Waals surface area contributed by atoms with Gasteiger partial charge in [-0.3, -0.25) is 4.79 Å². The molecule has 0 spiro atoms. The molecule has 0 bridgehead atoms. The monoisotopic (exact) mass is 327 g/mol. The van der Waals surface area contributed by atoms with Gasteiger partial charge in [-0.05, 0) is 44.2 Å². The summed E-state index contributed by atoms with van der Waals surface area (Å²) in [5.74, 6) is 1.07. The molecular weight excluding hydrogens is 302 g/mol. The number of benzene rings is 2. The number of carbonyl (C=O) groups excluding carboxylic acids is 1. The number of fused-ring (bicyclic) bond motifs is 1. The fraction of sp³-hybridized carbons (Fsp3) is 0.450. The van der Waals surface area contributed by atoms with Crippen LogP contribution >= 0.6 is 0 Å². The van der Waals surface area contributed by atoms with Crippen LogP contribution in [0.3, 0.4) is 0 Å². The Kier molecular flexibility index (Phi) is 4.76. The molecule has 3 rings (SSSR count). The van der Waals surface area contributed by atoms with Gasteiger partial charge in [-0.25, -0.2) is 0 Å². The number of carbonyl (C=O) groups is 1. The lowest BCUT2D eigenvalue weighted by atomic mass is 9.98. The number of nitrogens with one attached hydrogen (secondary N) is 1. The van der Waals surface area contributed by atoms with Gasteiger partial charge in [0.25, 0.3) is 5.91 Å². The summed E-state index contributed by atoms with van der Waals surface area (Å²) in [7, 11) is 1.61. The first-order valence-electron chi connectivity index (χ1n) is 8.61. The topological polar surface area (TPSA) is 47.6 Å². The van der Waals surface area contributed by atoms with Crippen molar-refractivity contribution in [1.29, 1.82) is 0 Å². The first kappa shape index (κ1) is 16.8. The Balaban J connectivity index is 1.91. The van der Waals surface area contributed by atoms with Crippen molar-refractivity contribution >= 4 is 22.4 Å². The maximum atomic E-state index is 12.8. The molecule has 1 atom stereocenters. The van der Waals surface area contributed by atoms with Crippen molar-refractivity contribution in [1.82, 2.24) is 0 Å². The quantitative estimate of drug-likeness (QED) is 0.821. The minimum Gasteiger partial charge on any atom is -0.493 e. The van der Waals surface area contributed by atoms with Crippen molar-refractivity contribution < 1.29 is 14.3 Å². The predicted molar refractivity (Wildman–Crippen MR) is 96.5 cm³/mol. The molecule has 4 heteroatoms. The average molecular weight is 327 g/mol. The van der Waals surface area contributed by atoms with Gasteiger partial charge in [0.05, 0.1) is 6.61 Å². The van der Waals surface area contributed by atoms with Crippen molar-refractivity contribution in [3.05, 3.63) is 36.4 Å². The highest BCUT2D eigenvalue weighted by atomic mass is 16.5. The van der Waals surface area contributed by atoms with Crippen LogP contribution in [0.4, 0.5) is 5.69 Å². The fourth-order valence-electron chi connectivity index (χ4n) is 3.04. The fourth-order valence-corrected chi connectivity index (χ4v) is 3.04. The van der Waals surface area contributed by atoms with Gasteiger partial charge in [0, 0.05) is 23.6 Å². The third-order valence-electron chi connectivity index (χ3n) is 4.83. The van der Waals surface area contributed by atoms with Crippen LogP contribution in [-0.4, -0.2) is 25.2 Å². The SMILES string of the molecule is CCCOc1ccc(NC(=O)C(C)(OC)C2CC2)c2ccccc12. The molecule has 1 N–H and O–H groups in total. The number of methoxy groups -OCH3 is 1. The van der Waals surface area contributed by atoms with Crippen LogP contribution in [0.5, 0.6) is 5.75 Å². The molecule has 1 saturated carbocycles. The lowest BCUT2D eigenvalue weighted by Crippen LogP contribution is -2.44. The molecule has 1 unspecified atom stereocenters. The van der Waals surface area contributed by atoms with Crippen molar-refractivity contribution in [3.8, 4) is 5.75 Å². The van der Waals surface area contributed by atoms with Gasteiger partial charge in [-0.1, -0.05) is 31.2 Å². The molecule has 0 heterocycles. The molecule has 1 aliphatic carbocycles. The first-order chi connectivity index (χ1) is 11.6. The van der Waals surface area contributed by atoms with E-state index in [0.29, 0.717) is 12.5 Å². The van der Waals surface area contributed by atoms with Gasteiger partial charge < -0.3 is 14.8 Å². The zero-order valence-corrected chi connectivity index (χ0v) is 14.6. The van der Waals surface area contributed by atoms with E-state index in [1.165, 1.54) is 0 Å². The zero-order chi connectivity index (χ0) is 17.2. The van der Waals surface area contributed by atoms with Gasteiger partial charge in [0.1, 0.15) is 11.4 Å². The maximum Gasteiger partial charge on any atom is 0.256 e. The van der Waals surface area contributed by atoms with Gasteiger partial charge in [0.15, 0.2) is 0 Å². The Morgan fingerprint density at radius 3 is 2.54 bits per heavy atom. The highest BCUT2D eigenvalue weighted by Gasteiger charge is 2.47. The zero-order valence-electron chi connectivity index (χ0n) is 14.6. The van der Waals surface area contributed by atoms with E-state index < -0.39 is 5.60 Å². The van der Waals surface area contributed by atoms with Gasteiger partial charge in [-0.15, -0.1) is 0 Å². The number of anilines is 1. The molecule has 2 aromatic rings. The lowest BCUT2D eigenvalue weighted by Gasteiger charge is -2.27.